The minimum atomic E-state index is 0.588. The molecule has 1 N–H and O–H groups in total. The lowest BCUT2D eigenvalue weighted by atomic mass is 9.88. The molecule has 0 saturated heterocycles. The molecule has 2 aromatic carbocycles. The van der Waals surface area contributed by atoms with E-state index in [2.05, 4.69) is 41.7 Å². The molecule has 3 rings (SSSR count). The van der Waals surface area contributed by atoms with Gasteiger partial charge in [0.2, 0.25) is 0 Å². The molecule has 0 aliphatic heterocycles. The van der Waals surface area contributed by atoms with Gasteiger partial charge < -0.3 is 5.32 Å². The first-order valence-electron chi connectivity index (χ1n) is 6.86. The summed E-state index contributed by atoms with van der Waals surface area (Å²) in [4.78, 5) is 0. The zero-order valence-corrected chi connectivity index (χ0v) is 11.7. The van der Waals surface area contributed by atoms with Gasteiger partial charge in [-0.3, -0.25) is 0 Å². The van der Waals surface area contributed by atoms with Crippen molar-refractivity contribution in [3.63, 3.8) is 0 Å². The van der Waals surface area contributed by atoms with Gasteiger partial charge in [-0.15, -0.1) is 0 Å². The molecule has 0 spiro atoms. The van der Waals surface area contributed by atoms with Crippen LogP contribution < -0.4 is 5.32 Å². The third-order valence-corrected chi connectivity index (χ3v) is 4.11. The number of hydrogen-bond acceptors (Lipinski definition) is 1. The fourth-order valence-electron chi connectivity index (χ4n) is 2.74. The van der Waals surface area contributed by atoms with Crippen LogP contribution in [0.2, 0.25) is 5.02 Å². The van der Waals surface area contributed by atoms with Crippen LogP contribution in [0.5, 0.6) is 0 Å². The quantitative estimate of drug-likeness (QED) is 0.890. The van der Waals surface area contributed by atoms with Gasteiger partial charge in [0.15, 0.2) is 0 Å². The van der Waals surface area contributed by atoms with Gasteiger partial charge in [-0.25, -0.2) is 0 Å². The summed E-state index contributed by atoms with van der Waals surface area (Å²) < 4.78 is 0. The van der Waals surface area contributed by atoms with Crippen molar-refractivity contribution >= 4 is 11.6 Å². The Balaban J connectivity index is 1.59. The summed E-state index contributed by atoms with van der Waals surface area (Å²) in [5.74, 6) is 0. The molecule has 2 heteroatoms. The topological polar surface area (TPSA) is 12.0 Å². The molecule has 19 heavy (non-hydrogen) atoms. The number of halogens is 1. The molecule has 1 nitrogen and oxygen atoms in total. The molecule has 0 saturated carbocycles. The first-order chi connectivity index (χ1) is 9.31. The highest BCUT2D eigenvalue weighted by Crippen LogP contribution is 2.21. The summed E-state index contributed by atoms with van der Waals surface area (Å²) in [6.07, 6.45) is 3.56. The van der Waals surface area contributed by atoms with Crippen molar-refractivity contribution in [2.24, 2.45) is 0 Å². The van der Waals surface area contributed by atoms with Gasteiger partial charge in [0.1, 0.15) is 0 Å². The maximum Gasteiger partial charge on any atom is 0.0406 e. The largest absolute Gasteiger partial charge is 0.310 e. The molecule has 0 aromatic heterocycles. The van der Waals surface area contributed by atoms with Gasteiger partial charge in [-0.2, -0.15) is 0 Å². The van der Waals surface area contributed by atoms with Crippen LogP contribution >= 0.6 is 11.6 Å². The minimum Gasteiger partial charge on any atom is -0.310 e. The van der Waals surface area contributed by atoms with Crippen LogP contribution in [-0.4, -0.2) is 6.04 Å². The van der Waals surface area contributed by atoms with Crippen LogP contribution in [0.15, 0.2) is 48.5 Å². The predicted molar refractivity (Wildman–Crippen MR) is 80.5 cm³/mol. The summed E-state index contributed by atoms with van der Waals surface area (Å²) in [5, 5.41) is 4.46. The van der Waals surface area contributed by atoms with E-state index in [1.54, 1.807) is 0 Å². The van der Waals surface area contributed by atoms with Crippen molar-refractivity contribution in [1.29, 1.82) is 0 Å². The fourth-order valence-corrected chi connectivity index (χ4v) is 2.86. The Bertz CT molecular complexity index is 547. The molecular formula is C17H18ClN. The Kier molecular flexibility index (Phi) is 3.86. The molecule has 1 atom stereocenters. The third kappa shape index (κ3) is 3.17. The average molecular weight is 272 g/mol. The Morgan fingerprint density at radius 3 is 2.53 bits per heavy atom. The predicted octanol–water partition coefficient (Wildman–Crippen LogP) is 3.99. The van der Waals surface area contributed by atoms with Crippen molar-refractivity contribution in [2.75, 3.05) is 0 Å². The third-order valence-electron chi connectivity index (χ3n) is 3.85. The molecule has 0 bridgehead atoms. The van der Waals surface area contributed by atoms with Crippen molar-refractivity contribution < 1.29 is 0 Å². The van der Waals surface area contributed by atoms with E-state index < -0.39 is 0 Å². The highest BCUT2D eigenvalue weighted by atomic mass is 35.5. The van der Waals surface area contributed by atoms with Gasteiger partial charge in [0, 0.05) is 17.6 Å². The van der Waals surface area contributed by atoms with Crippen LogP contribution in [0.4, 0.5) is 0 Å². The highest BCUT2D eigenvalue weighted by molar-refractivity contribution is 6.30. The normalized spacial score (nSPS) is 18.1. The second-order valence-electron chi connectivity index (χ2n) is 5.22. The minimum absolute atomic E-state index is 0.588. The summed E-state index contributed by atoms with van der Waals surface area (Å²) in [7, 11) is 0. The van der Waals surface area contributed by atoms with Gasteiger partial charge in [0.25, 0.3) is 0 Å². The van der Waals surface area contributed by atoms with Gasteiger partial charge >= 0.3 is 0 Å². The summed E-state index contributed by atoms with van der Waals surface area (Å²) >= 11 is 5.90. The number of fused-ring (bicyclic) bond motifs is 1. The lowest BCUT2D eigenvalue weighted by molar-refractivity contribution is 0.457. The standard InChI is InChI=1S/C17H18ClN/c18-16-8-5-13(6-9-16)12-19-17-10-7-14-3-1-2-4-15(14)11-17/h1-6,8-9,17,19H,7,10-12H2. The monoisotopic (exact) mass is 271 g/mol. The van der Waals surface area contributed by atoms with Crippen LogP contribution in [0.3, 0.4) is 0 Å². The number of benzene rings is 2. The summed E-state index contributed by atoms with van der Waals surface area (Å²) in [5.41, 5.74) is 4.32. The summed E-state index contributed by atoms with van der Waals surface area (Å²) in [6.45, 7) is 0.921. The fraction of sp³-hybridized carbons (Fsp3) is 0.294. The Morgan fingerprint density at radius 1 is 1.00 bits per heavy atom. The molecule has 0 radical (unpaired) electrons. The molecule has 0 heterocycles. The van der Waals surface area contributed by atoms with Gasteiger partial charge in [-0.1, -0.05) is 48.0 Å². The van der Waals surface area contributed by atoms with Gasteiger partial charge in [-0.05, 0) is 48.1 Å². The van der Waals surface area contributed by atoms with Crippen LogP contribution in [0.25, 0.3) is 0 Å². The zero-order chi connectivity index (χ0) is 13.1. The number of hydrogen-bond donors (Lipinski definition) is 1. The Morgan fingerprint density at radius 2 is 1.74 bits per heavy atom. The van der Waals surface area contributed by atoms with E-state index in [4.69, 9.17) is 11.6 Å². The molecule has 2 aromatic rings. The molecular weight excluding hydrogens is 254 g/mol. The van der Waals surface area contributed by atoms with Crippen molar-refractivity contribution in [3.8, 4) is 0 Å². The molecule has 1 aliphatic rings. The van der Waals surface area contributed by atoms with E-state index in [9.17, 15) is 0 Å². The smallest absolute Gasteiger partial charge is 0.0406 e. The first kappa shape index (κ1) is 12.7. The molecule has 98 valence electrons. The van der Waals surface area contributed by atoms with E-state index in [-0.39, 0.29) is 0 Å². The van der Waals surface area contributed by atoms with Gasteiger partial charge in [0.05, 0.1) is 0 Å². The van der Waals surface area contributed by atoms with Crippen molar-refractivity contribution in [3.05, 3.63) is 70.2 Å². The van der Waals surface area contributed by atoms with Crippen LogP contribution in [-0.2, 0) is 19.4 Å². The van der Waals surface area contributed by atoms with Crippen molar-refractivity contribution in [1.82, 2.24) is 5.32 Å². The van der Waals surface area contributed by atoms with E-state index in [0.29, 0.717) is 6.04 Å². The van der Waals surface area contributed by atoms with E-state index in [0.717, 1.165) is 18.0 Å². The molecule has 1 unspecified atom stereocenters. The second kappa shape index (κ2) is 5.77. The molecule has 1 aliphatic carbocycles. The van der Waals surface area contributed by atoms with Crippen LogP contribution in [0, 0.1) is 0 Å². The first-order valence-corrected chi connectivity index (χ1v) is 7.24. The molecule has 0 amide bonds. The average Bonchev–Trinajstić information content (AvgIpc) is 2.46. The lowest BCUT2D eigenvalue weighted by Gasteiger charge is -2.25. The zero-order valence-electron chi connectivity index (χ0n) is 10.9. The Labute approximate surface area is 119 Å². The van der Waals surface area contributed by atoms with Crippen molar-refractivity contribution in [2.45, 2.75) is 31.8 Å². The second-order valence-corrected chi connectivity index (χ2v) is 5.65. The highest BCUT2D eigenvalue weighted by Gasteiger charge is 2.17. The Hall–Kier alpha value is -1.31. The molecule has 0 fully saturated rings. The SMILES string of the molecule is Clc1ccc(CNC2CCc3ccccc3C2)cc1. The van der Waals surface area contributed by atoms with E-state index in [1.807, 2.05) is 12.1 Å². The van der Waals surface area contributed by atoms with E-state index >= 15 is 0 Å². The number of aryl methyl sites for hydroxylation is 1. The summed E-state index contributed by atoms with van der Waals surface area (Å²) in [6, 6.07) is 17.5. The van der Waals surface area contributed by atoms with Crippen LogP contribution in [0.1, 0.15) is 23.1 Å². The van der Waals surface area contributed by atoms with E-state index in [1.165, 1.54) is 29.5 Å². The maximum absolute atomic E-state index is 5.90. The maximum atomic E-state index is 5.90. The number of nitrogens with one attached hydrogen (secondary N) is 1. The lowest BCUT2D eigenvalue weighted by Crippen LogP contribution is -2.34. The number of rotatable bonds is 3.